The molecule has 0 spiro atoms. The van der Waals surface area contributed by atoms with Gasteiger partial charge < -0.3 is 10.6 Å². The molecular formula is C19H21BrN2O2. The normalized spacial score (nSPS) is 10.2. The second kappa shape index (κ2) is 9.23. The van der Waals surface area contributed by atoms with Crippen LogP contribution in [-0.4, -0.2) is 18.4 Å². The van der Waals surface area contributed by atoms with E-state index in [0.717, 1.165) is 29.3 Å². The van der Waals surface area contributed by atoms with E-state index in [0.29, 0.717) is 12.2 Å². The Kier molecular flexibility index (Phi) is 7.00. The molecule has 2 aromatic carbocycles. The number of benzene rings is 2. The van der Waals surface area contributed by atoms with Gasteiger partial charge in [0.25, 0.3) is 0 Å². The Bertz CT molecular complexity index is 702. The van der Waals surface area contributed by atoms with E-state index in [1.165, 1.54) is 5.56 Å². The fourth-order valence-electron chi connectivity index (χ4n) is 2.29. The summed E-state index contributed by atoms with van der Waals surface area (Å²) in [6.45, 7) is 2.42. The lowest BCUT2D eigenvalue weighted by Gasteiger charge is -2.08. The van der Waals surface area contributed by atoms with Gasteiger partial charge in [0.15, 0.2) is 0 Å². The third-order valence-corrected chi connectivity index (χ3v) is 4.53. The van der Waals surface area contributed by atoms with E-state index >= 15 is 0 Å². The fraction of sp³-hybridized carbons (Fsp3) is 0.263. The molecule has 0 fully saturated rings. The van der Waals surface area contributed by atoms with Crippen LogP contribution in [0.3, 0.4) is 0 Å². The zero-order valence-corrected chi connectivity index (χ0v) is 15.2. The maximum absolute atomic E-state index is 11.9. The molecule has 0 radical (unpaired) electrons. The van der Waals surface area contributed by atoms with Crippen LogP contribution in [-0.2, 0) is 16.0 Å². The Hall–Kier alpha value is -2.14. The van der Waals surface area contributed by atoms with Gasteiger partial charge in [-0.15, -0.1) is 0 Å². The molecule has 5 heteroatoms. The summed E-state index contributed by atoms with van der Waals surface area (Å²) in [7, 11) is 0. The van der Waals surface area contributed by atoms with Gasteiger partial charge in [-0.3, -0.25) is 9.59 Å². The Labute approximate surface area is 150 Å². The molecule has 126 valence electrons. The molecular weight excluding hydrogens is 368 g/mol. The van der Waals surface area contributed by atoms with Gasteiger partial charge in [0.2, 0.25) is 0 Å². The SMILES string of the molecule is Cc1cc(NC(=O)C(=O)NCCCCc2ccccc2)ccc1Br. The highest BCUT2D eigenvalue weighted by Gasteiger charge is 2.13. The summed E-state index contributed by atoms with van der Waals surface area (Å²) >= 11 is 3.40. The number of amides is 2. The number of carbonyl (C=O) groups excluding carboxylic acids is 2. The van der Waals surface area contributed by atoms with Gasteiger partial charge in [-0.05, 0) is 55.5 Å². The quantitative estimate of drug-likeness (QED) is 0.583. The van der Waals surface area contributed by atoms with E-state index in [4.69, 9.17) is 0 Å². The van der Waals surface area contributed by atoms with Crippen LogP contribution in [0.4, 0.5) is 5.69 Å². The van der Waals surface area contributed by atoms with Crippen molar-refractivity contribution < 1.29 is 9.59 Å². The van der Waals surface area contributed by atoms with Crippen LogP contribution in [0.5, 0.6) is 0 Å². The number of carbonyl (C=O) groups is 2. The topological polar surface area (TPSA) is 58.2 Å². The Morgan fingerprint density at radius 3 is 2.46 bits per heavy atom. The maximum atomic E-state index is 11.9. The molecule has 0 heterocycles. The number of unbranched alkanes of at least 4 members (excludes halogenated alkanes) is 1. The van der Waals surface area contributed by atoms with Gasteiger partial charge in [0.1, 0.15) is 0 Å². The molecule has 0 saturated heterocycles. The second-order valence-corrected chi connectivity index (χ2v) is 6.47. The van der Waals surface area contributed by atoms with Crippen LogP contribution >= 0.6 is 15.9 Å². The summed E-state index contributed by atoms with van der Waals surface area (Å²) in [6.07, 6.45) is 2.78. The van der Waals surface area contributed by atoms with Crippen molar-refractivity contribution in [3.8, 4) is 0 Å². The number of halogens is 1. The van der Waals surface area contributed by atoms with Crippen molar-refractivity contribution in [2.45, 2.75) is 26.2 Å². The zero-order chi connectivity index (χ0) is 17.4. The van der Waals surface area contributed by atoms with E-state index < -0.39 is 11.8 Å². The first kappa shape index (κ1) is 18.2. The van der Waals surface area contributed by atoms with Gasteiger partial charge in [-0.25, -0.2) is 0 Å². The summed E-state index contributed by atoms with van der Waals surface area (Å²) in [6, 6.07) is 15.6. The molecule has 24 heavy (non-hydrogen) atoms. The number of anilines is 1. The lowest BCUT2D eigenvalue weighted by molar-refractivity contribution is -0.136. The van der Waals surface area contributed by atoms with Crippen molar-refractivity contribution in [1.29, 1.82) is 0 Å². The molecule has 0 aromatic heterocycles. The maximum Gasteiger partial charge on any atom is 0.313 e. The van der Waals surface area contributed by atoms with E-state index in [1.54, 1.807) is 6.07 Å². The predicted octanol–water partition coefficient (Wildman–Crippen LogP) is 3.84. The summed E-state index contributed by atoms with van der Waals surface area (Å²) in [5, 5.41) is 5.26. The van der Waals surface area contributed by atoms with Gasteiger partial charge in [0.05, 0.1) is 0 Å². The number of hydrogen-bond donors (Lipinski definition) is 2. The third kappa shape index (κ3) is 5.81. The van der Waals surface area contributed by atoms with Gasteiger partial charge in [-0.1, -0.05) is 46.3 Å². The minimum atomic E-state index is -0.639. The lowest BCUT2D eigenvalue weighted by Crippen LogP contribution is -2.35. The number of nitrogens with one attached hydrogen (secondary N) is 2. The van der Waals surface area contributed by atoms with Crippen molar-refractivity contribution >= 4 is 33.4 Å². The van der Waals surface area contributed by atoms with Crippen molar-refractivity contribution in [1.82, 2.24) is 5.32 Å². The standard InChI is InChI=1S/C19H21BrN2O2/c1-14-13-16(10-11-17(14)20)22-19(24)18(23)21-12-6-5-9-15-7-3-2-4-8-15/h2-4,7-8,10-11,13H,5-6,9,12H2,1H3,(H,21,23)(H,22,24). The highest BCUT2D eigenvalue weighted by Crippen LogP contribution is 2.19. The average molecular weight is 389 g/mol. The smallest absolute Gasteiger partial charge is 0.313 e. The average Bonchev–Trinajstić information content (AvgIpc) is 2.58. The van der Waals surface area contributed by atoms with Gasteiger partial charge >= 0.3 is 11.8 Å². The third-order valence-electron chi connectivity index (χ3n) is 3.64. The predicted molar refractivity (Wildman–Crippen MR) is 99.9 cm³/mol. The first-order valence-electron chi connectivity index (χ1n) is 7.95. The molecule has 0 aliphatic heterocycles. The second-order valence-electron chi connectivity index (χ2n) is 5.62. The van der Waals surface area contributed by atoms with Crippen molar-refractivity contribution in [3.05, 3.63) is 64.1 Å². The number of aryl methyl sites for hydroxylation is 2. The van der Waals surface area contributed by atoms with Gasteiger partial charge in [-0.2, -0.15) is 0 Å². The monoisotopic (exact) mass is 388 g/mol. The van der Waals surface area contributed by atoms with Crippen LogP contribution in [0.15, 0.2) is 53.0 Å². The molecule has 0 aliphatic carbocycles. The summed E-state index contributed by atoms with van der Waals surface area (Å²) in [5.74, 6) is -1.24. The minimum absolute atomic E-state index is 0.498. The summed E-state index contributed by atoms with van der Waals surface area (Å²) < 4.78 is 0.961. The minimum Gasteiger partial charge on any atom is -0.348 e. The molecule has 0 bridgehead atoms. The Morgan fingerprint density at radius 2 is 1.75 bits per heavy atom. The zero-order valence-electron chi connectivity index (χ0n) is 13.6. The van der Waals surface area contributed by atoms with E-state index in [-0.39, 0.29) is 0 Å². The van der Waals surface area contributed by atoms with E-state index in [9.17, 15) is 9.59 Å². The van der Waals surface area contributed by atoms with Crippen molar-refractivity contribution in [2.75, 3.05) is 11.9 Å². The fourth-order valence-corrected chi connectivity index (χ4v) is 2.54. The van der Waals surface area contributed by atoms with Crippen LogP contribution in [0.1, 0.15) is 24.0 Å². The summed E-state index contributed by atoms with van der Waals surface area (Å²) in [4.78, 5) is 23.7. The molecule has 4 nitrogen and oxygen atoms in total. The first-order valence-corrected chi connectivity index (χ1v) is 8.75. The van der Waals surface area contributed by atoms with Crippen molar-refractivity contribution in [3.63, 3.8) is 0 Å². The van der Waals surface area contributed by atoms with Crippen molar-refractivity contribution in [2.24, 2.45) is 0 Å². The summed E-state index contributed by atoms with van der Waals surface area (Å²) in [5.41, 5.74) is 2.89. The number of rotatable bonds is 6. The van der Waals surface area contributed by atoms with Crippen LogP contribution in [0.2, 0.25) is 0 Å². The Balaban J connectivity index is 1.68. The van der Waals surface area contributed by atoms with Crippen LogP contribution < -0.4 is 10.6 Å². The van der Waals surface area contributed by atoms with Crippen LogP contribution in [0.25, 0.3) is 0 Å². The highest BCUT2D eigenvalue weighted by atomic mass is 79.9. The molecule has 0 saturated carbocycles. The highest BCUT2D eigenvalue weighted by molar-refractivity contribution is 9.10. The molecule has 2 amide bonds. The molecule has 2 rings (SSSR count). The molecule has 0 aliphatic rings. The first-order chi connectivity index (χ1) is 11.6. The lowest BCUT2D eigenvalue weighted by atomic mass is 10.1. The van der Waals surface area contributed by atoms with Crippen LogP contribution in [0, 0.1) is 6.92 Å². The van der Waals surface area contributed by atoms with E-state index in [1.807, 2.05) is 37.3 Å². The van der Waals surface area contributed by atoms with E-state index in [2.05, 4.69) is 38.7 Å². The number of hydrogen-bond acceptors (Lipinski definition) is 2. The van der Waals surface area contributed by atoms with Gasteiger partial charge in [0, 0.05) is 16.7 Å². The molecule has 2 aromatic rings. The molecule has 2 N–H and O–H groups in total. The largest absolute Gasteiger partial charge is 0.348 e. The Morgan fingerprint density at radius 1 is 1.00 bits per heavy atom. The molecule has 0 unspecified atom stereocenters. The molecule has 0 atom stereocenters.